The first kappa shape index (κ1) is 21.4. The zero-order valence-electron chi connectivity index (χ0n) is 18.9. The van der Waals surface area contributed by atoms with Gasteiger partial charge in [0.15, 0.2) is 11.3 Å². The Balaban J connectivity index is 1.52. The van der Waals surface area contributed by atoms with Crippen molar-refractivity contribution in [1.82, 2.24) is 35.2 Å². The van der Waals surface area contributed by atoms with Crippen molar-refractivity contribution in [1.29, 1.82) is 0 Å². The van der Waals surface area contributed by atoms with E-state index in [1.807, 2.05) is 31.2 Å². The maximum Gasteiger partial charge on any atom is 0.354 e. The Morgan fingerprint density at radius 2 is 1.85 bits per heavy atom. The molecule has 0 aliphatic rings. The molecule has 3 heterocycles. The van der Waals surface area contributed by atoms with Gasteiger partial charge in [0.1, 0.15) is 0 Å². The van der Waals surface area contributed by atoms with Gasteiger partial charge >= 0.3 is 5.97 Å². The number of fused-ring (bicyclic) bond motifs is 1. The third kappa shape index (κ3) is 3.92. The van der Waals surface area contributed by atoms with Crippen molar-refractivity contribution < 1.29 is 9.90 Å². The van der Waals surface area contributed by atoms with Crippen molar-refractivity contribution in [2.24, 2.45) is 0 Å². The summed E-state index contributed by atoms with van der Waals surface area (Å²) in [5.74, 6) is -0.495. The fraction of sp³-hybridized carbons (Fsp3) is 0.200. The van der Waals surface area contributed by atoms with Crippen LogP contribution in [0.5, 0.6) is 0 Å². The number of nitrogens with one attached hydrogen (secondary N) is 1. The van der Waals surface area contributed by atoms with E-state index in [2.05, 4.69) is 56.8 Å². The highest BCUT2D eigenvalue weighted by Gasteiger charge is 2.18. The molecule has 0 spiro atoms. The Kier molecular flexibility index (Phi) is 5.59. The highest BCUT2D eigenvalue weighted by atomic mass is 16.4. The lowest BCUT2D eigenvalue weighted by Crippen LogP contribution is -2.06. The number of carboxylic acid groups (broad SMARTS) is 1. The third-order valence-corrected chi connectivity index (χ3v) is 5.81. The first-order valence-electron chi connectivity index (χ1n) is 11.1. The molecule has 0 radical (unpaired) electrons. The van der Waals surface area contributed by atoms with Crippen LogP contribution in [0.4, 0.5) is 0 Å². The Bertz CT molecular complexity index is 1470. The number of aromatic amines is 1. The van der Waals surface area contributed by atoms with E-state index in [1.54, 1.807) is 10.6 Å². The molecule has 2 N–H and O–H groups in total. The van der Waals surface area contributed by atoms with Gasteiger partial charge in [-0.1, -0.05) is 61.9 Å². The van der Waals surface area contributed by atoms with E-state index in [-0.39, 0.29) is 5.69 Å². The molecule has 170 valence electrons. The van der Waals surface area contributed by atoms with Gasteiger partial charge in [0.2, 0.25) is 5.82 Å². The summed E-state index contributed by atoms with van der Waals surface area (Å²) in [4.78, 5) is 16.0. The van der Waals surface area contributed by atoms with Crippen molar-refractivity contribution in [2.75, 3.05) is 0 Å². The number of benzene rings is 2. The molecule has 0 bridgehead atoms. The summed E-state index contributed by atoms with van der Waals surface area (Å²) < 4.78 is 1.75. The summed E-state index contributed by atoms with van der Waals surface area (Å²) in [6.45, 7) is 3.95. The molecular formula is C25H23N7O2. The number of carbonyl (C=O) groups is 1. The van der Waals surface area contributed by atoms with Crippen LogP contribution in [-0.2, 0) is 12.8 Å². The largest absolute Gasteiger partial charge is 0.477 e. The molecule has 0 atom stereocenters. The van der Waals surface area contributed by atoms with Gasteiger partial charge in [0, 0.05) is 23.2 Å². The number of tetrazole rings is 1. The molecule has 0 fully saturated rings. The fourth-order valence-corrected chi connectivity index (χ4v) is 4.19. The molecule has 0 saturated carbocycles. The molecule has 0 unspecified atom stereocenters. The molecule has 2 aromatic carbocycles. The maximum atomic E-state index is 11.6. The molecule has 0 aliphatic heterocycles. The second-order valence-corrected chi connectivity index (χ2v) is 8.15. The van der Waals surface area contributed by atoms with Gasteiger partial charge < -0.3 is 5.11 Å². The summed E-state index contributed by atoms with van der Waals surface area (Å²) in [6, 6.07) is 17.8. The van der Waals surface area contributed by atoms with Crippen LogP contribution in [0.2, 0.25) is 0 Å². The second kappa shape index (κ2) is 8.86. The predicted molar refractivity (Wildman–Crippen MR) is 127 cm³/mol. The fourth-order valence-electron chi connectivity index (χ4n) is 4.19. The Morgan fingerprint density at radius 3 is 2.53 bits per heavy atom. The van der Waals surface area contributed by atoms with Crippen molar-refractivity contribution >= 4 is 11.6 Å². The van der Waals surface area contributed by atoms with Crippen molar-refractivity contribution in [3.8, 4) is 22.5 Å². The number of hydrogen-bond acceptors (Lipinski definition) is 6. The minimum atomic E-state index is -1.04. The topological polar surface area (TPSA) is 122 Å². The number of aromatic carboxylic acids is 1. The molecular weight excluding hydrogens is 430 g/mol. The monoisotopic (exact) mass is 453 g/mol. The van der Waals surface area contributed by atoms with Crippen LogP contribution in [0.25, 0.3) is 28.2 Å². The Morgan fingerprint density at radius 1 is 1.09 bits per heavy atom. The van der Waals surface area contributed by atoms with Crippen LogP contribution in [0.15, 0.2) is 54.6 Å². The van der Waals surface area contributed by atoms with Crippen LogP contribution < -0.4 is 0 Å². The molecule has 5 aromatic rings. The van der Waals surface area contributed by atoms with Crippen LogP contribution in [0, 0.1) is 6.92 Å². The minimum Gasteiger partial charge on any atom is -0.477 e. The lowest BCUT2D eigenvalue weighted by Gasteiger charge is -2.09. The molecule has 3 aromatic heterocycles. The van der Waals surface area contributed by atoms with Crippen LogP contribution >= 0.6 is 0 Å². The van der Waals surface area contributed by atoms with Crippen molar-refractivity contribution in [3.05, 3.63) is 82.8 Å². The highest BCUT2D eigenvalue weighted by Crippen LogP contribution is 2.30. The molecule has 9 heteroatoms. The number of hydrogen-bond donors (Lipinski definition) is 2. The van der Waals surface area contributed by atoms with Gasteiger partial charge in [-0.2, -0.15) is 10.3 Å². The van der Waals surface area contributed by atoms with Crippen LogP contribution in [0.3, 0.4) is 0 Å². The maximum absolute atomic E-state index is 11.6. The van der Waals surface area contributed by atoms with Crippen molar-refractivity contribution in [2.45, 2.75) is 33.1 Å². The standard InChI is InChI=1S/C25H23N7O2/c1-3-6-21-20(24-26-22(25(33)34)13-15(2)32(24)29-21)14-16-9-11-17(12-10-16)18-7-4-5-8-19(18)23-27-30-31-28-23/h4-5,7-13H,3,6,14H2,1-2H3,(H,33,34)(H,27,28,30,31). The minimum absolute atomic E-state index is 0.0302. The smallest absolute Gasteiger partial charge is 0.354 e. The number of H-pyrrole nitrogens is 1. The molecule has 9 nitrogen and oxygen atoms in total. The summed E-state index contributed by atoms with van der Waals surface area (Å²) in [5, 5.41) is 28.6. The summed E-state index contributed by atoms with van der Waals surface area (Å²) in [5.41, 5.74) is 7.35. The number of carboxylic acids is 1. The lowest BCUT2D eigenvalue weighted by atomic mass is 9.96. The first-order chi connectivity index (χ1) is 16.5. The Labute approximate surface area is 195 Å². The average molecular weight is 454 g/mol. The van der Waals surface area contributed by atoms with E-state index >= 15 is 0 Å². The lowest BCUT2D eigenvalue weighted by molar-refractivity contribution is 0.0690. The summed E-state index contributed by atoms with van der Waals surface area (Å²) >= 11 is 0. The van der Waals surface area contributed by atoms with Gasteiger partial charge in [0.25, 0.3) is 0 Å². The van der Waals surface area contributed by atoms with Gasteiger partial charge in [0.05, 0.1) is 5.69 Å². The SMILES string of the molecule is CCCc1nn2c(C)cc(C(=O)O)nc2c1Cc1ccc(-c2ccccc2-c2nn[nH]n2)cc1. The number of aromatic nitrogens is 7. The molecule has 0 amide bonds. The summed E-state index contributed by atoms with van der Waals surface area (Å²) in [7, 11) is 0. The van der Waals surface area contributed by atoms with E-state index in [4.69, 9.17) is 5.10 Å². The van der Waals surface area contributed by atoms with Gasteiger partial charge in [-0.25, -0.2) is 14.3 Å². The number of aryl methyl sites for hydroxylation is 2. The van der Waals surface area contributed by atoms with E-state index in [1.165, 1.54) is 0 Å². The average Bonchev–Trinajstić information content (AvgIpc) is 3.49. The number of rotatable bonds is 7. The predicted octanol–water partition coefficient (Wildman–Crippen LogP) is 4.13. The van der Waals surface area contributed by atoms with Crippen molar-refractivity contribution in [3.63, 3.8) is 0 Å². The second-order valence-electron chi connectivity index (χ2n) is 8.15. The van der Waals surface area contributed by atoms with E-state index in [0.717, 1.165) is 52.0 Å². The Hall–Kier alpha value is -4.40. The molecule has 0 aliphatic carbocycles. The van der Waals surface area contributed by atoms with Crippen LogP contribution in [-0.4, -0.2) is 46.3 Å². The highest BCUT2D eigenvalue weighted by molar-refractivity contribution is 5.86. The quantitative estimate of drug-likeness (QED) is 0.380. The van der Waals surface area contributed by atoms with E-state index in [0.29, 0.717) is 17.9 Å². The zero-order valence-corrected chi connectivity index (χ0v) is 18.9. The van der Waals surface area contributed by atoms with E-state index < -0.39 is 5.97 Å². The van der Waals surface area contributed by atoms with Gasteiger partial charge in [-0.05, 0) is 41.3 Å². The molecule has 34 heavy (non-hydrogen) atoms. The molecule has 0 saturated heterocycles. The van der Waals surface area contributed by atoms with E-state index in [9.17, 15) is 9.90 Å². The van der Waals surface area contributed by atoms with Gasteiger partial charge in [-0.15, -0.1) is 10.2 Å². The normalized spacial score (nSPS) is 11.2. The van der Waals surface area contributed by atoms with Crippen LogP contribution in [0.1, 0.15) is 46.3 Å². The first-order valence-corrected chi connectivity index (χ1v) is 11.1. The molecule has 5 rings (SSSR count). The van der Waals surface area contributed by atoms with Gasteiger partial charge in [-0.3, -0.25) is 0 Å². The summed E-state index contributed by atoms with van der Waals surface area (Å²) in [6.07, 6.45) is 2.35. The number of nitrogens with zero attached hydrogens (tertiary/aromatic N) is 6. The zero-order chi connectivity index (χ0) is 23.7. The third-order valence-electron chi connectivity index (χ3n) is 5.81.